The molecule has 8 nitrogen and oxygen atoms in total. The number of ether oxygens (including phenoxy) is 1. The van der Waals surface area contributed by atoms with E-state index in [1.807, 2.05) is 31.2 Å². The minimum absolute atomic E-state index is 0.115. The number of anilines is 1. The van der Waals surface area contributed by atoms with Gasteiger partial charge in [-0.05, 0) is 43.2 Å². The maximum absolute atomic E-state index is 13.2. The molecule has 3 aromatic rings. The van der Waals surface area contributed by atoms with Crippen LogP contribution in [0.4, 0.5) is 5.69 Å². The molecule has 0 radical (unpaired) electrons. The number of nitrogens with one attached hydrogen (secondary N) is 1. The third kappa shape index (κ3) is 4.39. The van der Waals surface area contributed by atoms with E-state index < -0.39 is 16.0 Å². The minimum atomic E-state index is -3.86. The molecule has 1 aromatic heterocycles. The number of aliphatic imine (C=N–C) groups is 1. The smallest absolute Gasteiger partial charge is 0.338 e. The van der Waals surface area contributed by atoms with E-state index in [2.05, 4.69) is 19.6 Å². The van der Waals surface area contributed by atoms with Crippen molar-refractivity contribution in [2.24, 2.45) is 4.99 Å². The number of thioether (sulfide) groups is 1. The van der Waals surface area contributed by atoms with Gasteiger partial charge < -0.3 is 9.64 Å². The number of aromatic nitrogens is 1. The molecule has 0 bridgehead atoms. The summed E-state index contributed by atoms with van der Waals surface area (Å²) in [4.78, 5) is 23.8. The number of fused-ring (bicyclic) bond motifs is 2. The number of hydrogen-bond acceptors (Lipinski definition) is 8. The first kappa shape index (κ1) is 23.4. The quantitative estimate of drug-likeness (QED) is 0.512. The molecular weight excluding hydrogens is 484 g/mol. The highest BCUT2D eigenvalue weighted by molar-refractivity contribution is 8.13. The summed E-state index contributed by atoms with van der Waals surface area (Å²) in [5.41, 5.74) is 2.82. The first-order valence-electron chi connectivity index (χ1n) is 11.1. The summed E-state index contributed by atoms with van der Waals surface area (Å²) in [6.07, 6.45) is 2.55. The van der Waals surface area contributed by atoms with E-state index in [1.165, 1.54) is 7.11 Å². The zero-order chi connectivity index (χ0) is 24.6. The van der Waals surface area contributed by atoms with Crippen LogP contribution in [0, 0.1) is 0 Å². The summed E-state index contributed by atoms with van der Waals surface area (Å²) in [5.74, 6) is 0.561. The lowest BCUT2D eigenvalue weighted by Gasteiger charge is -2.40. The second-order valence-electron chi connectivity index (χ2n) is 8.24. The number of esters is 1. The maximum Gasteiger partial charge on any atom is 0.338 e. The van der Waals surface area contributed by atoms with Gasteiger partial charge in [0.1, 0.15) is 4.90 Å². The summed E-state index contributed by atoms with van der Waals surface area (Å²) in [6.45, 7) is 2.59. The number of carbonyl (C=O) groups is 1. The number of sulfonamides is 1. The Morgan fingerprint density at radius 1 is 1.14 bits per heavy atom. The minimum Gasteiger partial charge on any atom is -0.466 e. The van der Waals surface area contributed by atoms with Crippen molar-refractivity contribution in [1.29, 1.82) is 0 Å². The molecule has 0 amide bonds. The van der Waals surface area contributed by atoms with E-state index in [4.69, 9.17) is 4.74 Å². The molecule has 1 fully saturated rings. The lowest BCUT2D eigenvalue weighted by atomic mass is 9.94. The summed E-state index contributed by atoms with van der Waals surface area (Å²) in [7, 11) is -2.50. The van der Waals surface area contributed by atoms with Gasteiger partial charge in [-0.3, -0.25) is 9.71 Å². The van der Waals surface area contributed by atoms with E-state index in [1.54, 1.807) is 48.3 Å². The van der Waals surface area contributed by atoms with Gasteiger partial charge in [0.2, 0.25) is 0 Å². The molecule has 2 aliphatic rings. The topological polar surface area (TPSA) is 101 Å². The molecule has 0 spiro atoms. The fourth-order valence-electron chi connectivity index (χ4n) is 4.42. The number of para-hydroxylation sites is 1. The van der Waals surface area contributed by atoms with Crippen LogP contribution in [0.1, 0.15) is 24.9 Å². The summed E-state index contributed by atoms with van der Waals surface area (Å²) >= 11 is 1.67. The lowest BCUT2D eigenvalue weighted by Crippen LogP contribution is -2.42. The van der Waals surface area contributed by atoms with Crippen LogP contribution in [0.25, 0.3) is 10.9 Å². The molecule has 180 valence electrons. The first-order chi connectivity index (χ1) is 16.9. The lowest BCUT2D eigenvalue weighted by molar-refractivity contribution is -0.136. The van der Waals surface area contributed by atoms with Crippen LogP contribution < -0.4 is 4.72 Å². The molecule has 10 heteroatoms. The van der Waals surface area contributed by atoms with Crippen LogP contribution in [-0.2, 0) is 19.6 Å². The highest BCUT2D eigenvalue weighted by Crippen LogP contribution is 2.40. The van der Waals surface area contributed by atoms with Gasteiger partial charge in [0.15, 0.2) is 5.17 Å². The molecule has 35 heavy (non-hydrogen) atoms. The monoisotopic (exact) mass is 508 g/mol. The standard InChI is InChI=1S/C25H24N4O4S2/c1-16-21(24(30)33-2)23(29-14-5-15-34-25(29)27-16)18-9-11-19(12-10-18)28-35(31,32)20-8-3-6-17-7-4-13-26-22(17)20/h3-4,6-13,23,28H,5,14-15H2,1-2H3. The van der Waals surface area contributed by atoms with Crippen LogP contribution in [0.2, 0.25) is 0 Å². The average Bonchev–Trinajstić information content (AvgIpc) is 2.87. The van der Waals surface area contributed by atoms with Gasteiger partial charge in [-0.25, -0.2) is 18.2 Å². The second kappa shape index (κ2) is 9.35. The van der Waals surface area contributed by atoms with Crippen LogP contribution in [0.5, 0.6) is 0 Å². The molecule has 1 atom stereocenters. The summed E-state index contributed by atoms with van der Waals surface area (Å²) < 4.78 is 34.1. The number of allylic oxidation sites excluding steroid dienone is 1. The summed E-state index contributed by atoms with van der Waals surface area (Å²) in [5, 5.41) is 1.64. The molecule has 1 saturated heterocycles. The Balaban J connectivity index is 1.47. The van der Waals surface area contributed by atoms with E-state index in [-0.39, 0.29) is 10.9 Å². The number of methoxy groups -OCH3 is 1. The highest BCUT2D eigenvalue weighted by Gasteiger charge is 2.37. The van der Waals surface area contributed by atoms with Gasteiger partial charge in [-0.1, -0.05) is 42.1 Å². The fraction of sp³-hybridized carbons (Fsp3) is 0.240. The predicted octanol–water partition coefficient (Wildman–Crippen LogP) is 4.33. The third-order valence-corrected chi connectivity index (χ3v) is 8.52. The second-order valence-corrected chi connectivity index (χ2v) is 11.0. The molecule has 3 heterocycles. The molecule has 2 aliphatic heterocycles. The number of rotatable bonds is 5. The predicted molar refractivity (Wildman–Crippen MR) is 138 cm³/mol. The number of benzene rings is 2. The number of hydrogen-bond donors (Lipinski definition) is 1. The fourth-order valence-corrected chi connectivity index (χ4v) is 6.68. The average molecular weight is 509 g/mol. The van der Waals surface area contributed by atoms with Crippen molar-refractivity contribution in [2.45, 2.75) is 24.3 Å². The Labute approximate surface area is 208 Å². The van der Waals surface area contributed by atoms with E-state index in [9.17, 15) is 13.2 Å². The van der Waals surface area contributed by atoms with Gasteiger partial charge in [-0.2, -0.15) is 0 Å². The van der Waals surface area contributed by atoms with E-state index >= 15 is 0 Å². The molecule has 2 aromatic carbocycles. The first-order valence-corrected chi connectivity index (χ1v) is 13.6. The van der Waals surface area contributed by atoms with Crippen LogP contribution in [-0.4, -0.2) is 48.8 Å². The Morgan fingerprint density at radius 2 is 1.91 bits per heavy atom. The van der Waals surface area contributed by atoms with Crippen molar-refractivity contribution >= 4 is 49.5 Å². The van der Waals surface area contributed by atoms with Crippen LogP contribution in [0.15, 0.2) is 82.0 Å². The Hall–Kier alpha value is -3.37. The zero-order valence-electron chi connectivity index (χ0n) is 19.3. The molecular formula is C25H24N4O4S2. The Morgan fingerprint density at radius 3 is 2.69 bits per heavy atom. The van der Waals surface area contributed by atoms with E-state index in [0.29, 0.717) is 22.5 Å². The highest BCUT2D eigenvalue weighted by atomic mass is 32.2. The molecule has 0 aliphatic carbocycles. The largest absolute Gasteiger partial charge is 0.466 e. The van der Waals surface area contributed by atoms with Crippen molar-refractivity contribution in [2.75, 3.05) is 24.1 Å². The van der Waals surface area contributed by atoms with Crippen molar-refractivity contribution in [1.82, 2.24) is 9.88 Å². The van der Waals surface area contributed by atoms with Crippen molar-refractivity contribution in [3.63, 3.8) is 0 Å². The van der Waals surface area contributed by atoms with Crippen LogP contribution >= 0.6 is 11.8 Å². The molecule has 0 saturated carbocycles. The molecule has 5 rings (SSSR count). The number of pyridine rings is 1. The SMILES string of the molecule is COC(=O)C1=C(C)N=C2SCCCN2C1c1ccc(NS(=O)(=O)c2cccc3cccnc23)cc1. The van der Waals surface area contributed by atoms with Crippen molar-refractivity contribution in [3.8, 4) is 0 Å². The Bertz CT molecular complexity index is 1460. The maximum atomic E-state index is 13.2. The zero-order valence-corrected chi connectivity index (χ0v) is 20.9. The molecule has 1 unspecified atom stereocenters. The normalized spacial score (nSPS) is 18.2. The van der Waals surface area contributed by atoms with Gasteiger partial charge in [0, 0.05) is 29.6 Å². The number of amidine groups is 1. The van der Waals surface area contributed by atoms with Crippen molar-refractivity contribution < 1.29 is 17.9 Å². The van der Waals surface area contributed by atoms with Crippen LogP contribution in [0.3, 0.4) is 0 Å². The molecule has 1 N–H and O–H groups in total. The Kier molecular flexibility index (Phi) is 6.24. The van der Waals surface area contributed by atoms with Crippen molar-refractivity contribution in [3.05, 3.63) is 77.6 Å². The number of carbonyl (C=O) groups excluding carboxylic acids is 1. The third-order valence-electron chi connectivity index (χ3n) is 6.03. The van der Waals surface area contributed by atoms with Gasteiger partial charge >= 0.3 is 5.97 Å². The van der Waals surface area contributed by atoms with E-state index in [0.717, 1.165) is 34.8 Å². The van der Waals surface area contributed by atoms with Gasteiger partial charge in [0.05, 0.1) is 29.9 Å². The summed E-state index contributed by atoms with van der Waals surface area (Å²) in [6, 6.07) is 15.4. The van der Waals surface area contributed by atoms with Gasteiger partial charge in [0.25, 0.3) is 10.0 Å². The van der Waals surface area contributed by atoms with Gasteiger partial charge in [-0.15, -0.1) is 0 Å². The number of nitrogens with zero attached hydrogens (tertiary/aromatic N) is 3.